The molecule has 6 nitrogen and oxygen atoms in total. The number of hydrogen-bond acceptors (Lipinski definition) is 6. The van der Waals surface area contributed by atoms with Crippen molar-refractivity contribution in [3.63, 3.8) is 0 Å². The smallest absolute Gasteiger partial charge is 0.387 e. The number of aliphatic imine (C=N–C) groups is 1. The quantitative estimate of drug-likeness (QED) is 0.812. The summed E-state index contributed by atoms with van der Waals surface area (Å²) in [5.74, 6) is 0.977. The van der Waals surface area contributed by atoms with Crippen LogP contribution in [0.4, 0.5) is 8.78 Å². The lowest BCUT2D eigenvalue weighted by Crippen LogP contribution is -2.33. The second-order valence-corrected chi connectivity index (χ2v) is 5.90. The molecule has 1 atom stereocenters. The van der Waals surface area contributed by atoms with E-state index in [2.05, 4.69) is 36.1 Å². The van der Waals surface area contributed by atoms with Crippen molar-refractivity contribution in [3.05, 3.63) is 52.1 Å². The van der Waals surface area contributed by atoms with Gasteiger partial charge in [0.25, 0.3) is 0 Å². The number of methoxy groups -OCH3 is 1. The molecule has 0 spiro atoms. The van der Waals surface area contributed by atoms with Crippen LogP contribution in [0, 0.1) is 0 Å². The normalized spacial score (nSPS) is 17.0. The maximum absolute atomic E-state index is 12.2. The second kappa shape index (κ2) is 7.75. The van der Waals surface area contributed by atoms with Crippen molar-refractivity contribution in [1.82, 2.24) is 10.5 Å². The Kier molecular flexibility index (Phi) is 5.44. The maximum atomic E-state index is 12.2. The third kappa shape index (κ3) is 4.23. The molecule has 0 radical (unpaired) electrons. The highest BCUT2D eigenvalue weighted by Gasteiger charge is 2.20. The van der Waals surface area contributed by atoms with Crippen LogP contribution in [-0.4, -0.2) is 31.1 Å². The van der Waals surface area contributed by atoms with Crippen molar-refractivity contribution >= 4 is 21.8 Å². The first-order valence-corrected chi connectivity index (χ1v) is 8.07. The zero-order valence-electron chi connectivity index (χ0n) is 13.1. The summed E-state index contributed by atoms with van der Waals surface area (Å²) in [4.78, 5) is 14.3. The van der Waals surface area contributed by atoms with Crippen LogP contribution >= 0.6 is 15.9 Å². The van der Waals surface area contributed by atoms with Gasteiger partial charge in [-0.25, -0.2) is 10.5 Å². The van der Waals surface area contributed by atoms with Gasteiger partial charge in [0.15, 0.2) is 5.84 Å². The Morgan fingerprint density at radius 2 is 2.00 bits per heavy atom. The molecular weight excluding hydrogens is 400 g/mol. The van der Waals surface area contributed by atoms with Crippen LogP contribution in [0.5, 0.6) is 11.6 Å². The minimum atomic E-state index is -2.85. The number of nitrogens with zero attached hydrogens (tertiary/aromatic N) is 2. The van der Waals surface area contributed by atoms with Gasteiger partial charge in [-0.3, -0.25) is 9.83 Å². The van der Waals surface area contributed by atoms with Gasteiger partial charge in [0.1, 0.15) is 24.1 Å². The van der Waals surface area contributed by atoms with Gasteiger partial charge in [0, 0.05) is 0 Å². The van der Waals surface area contributed by atoms with Crippen molar-refractivity contribution in [2.75, 3.05) is 13.7 Å². The molecule has 0 fully saturated rings. The van der Waals surface area contributed by atoms with E-state index in [9.17, 15) is 8.78 Å². The lowest BCUT2D eigenvalue weighted by molar-refractivity contribution is -0.0498. The number of halogens is 3. The molecule has 1 N–H and O–H groups in total. The second-order valence-electron chi connectivity index (χ2n) is 5.04. The number of rotatable bonds is 5. The van der Waals surface area contributed by atoms with E-state index in [4.69, 9.17) is 9.57 Å². The van der Waals surface area contributed by atoms with E-state index in [1.54, 1.807) is 24.3 Å². The molecule has 0 amide bonds. The third-order valence-electron chi connectivity index (χ3n) is 3.43. The number of nitrogens with one attached hydrogen (secondary N) is 1. The maximum Gasteiger partial charge on any atom is 0.387 e. The molecule has 1 aromatic carbocycles. The molecule has 25 heavy (non-hydrogen) atoms. The minimum absolute atomic E-state index is 0.0946. The molecule has 1 aliphatic heterocycles. The molecule has 2 aromatic rings. The minimum Gasteiger partial charge on any atom is -0.480 e. The topological polar surface area (TPSA) is 65.0 Å². The largest absolute Gasteiger partial charge is 0.480 e. The Labute approximate surface area is 150 Å². The molecule has 1 aliphatic rings. The predicted octanol–water partition coefficient (Wildman–Crippen LogP) is 3.48. The highest BCUT2D eigenvalue weighted by atomic mass is 79.9. The summed E-state index contributed by atoms with van der Waals surface area (Å²) in [6.07, 6.45) is 0. The average Bonchev–Trinajstić information content (AvgIpc) is 2.62. The summed E-state index contributed by atoms with van der Waals surface area (Å²) < 4.78 is 34.7. The van der Waals surface area contributed by atoms with E-state index in [-0.39, 0.29) is 11.8 Å². The zero-order valence-corrected chi connectivity index (χ0v) is 14.7. The van der Waals surface area contributed by atoms with Crippen LogP contribution in [-0.2, 0) is 4.84 Å². The lowest BCUT2D eigenvalue weighted by Gasteiger charge is -2.22. The van der Waals surface area contributed by atoms with E-state index in [0.717, 1.165) is 10.0 Å². The number of alkyl halides is 2. The molecule has 0 aliphatic carbocycles. The number of pyridine rings is 1. The Hall–Kier alpha value is -2.26. The van der Waals surface area contributed by atoms with Crippen LogP contribution in [0.3, 0.4) is 0 Å². The van der Waals surface area contributed by atoms with Gasteiger partial charge in [0.2, 0.25) is 5.88 Å². The molecule has 0 bridgehead atoms. The standard InChI is InChI=1S/C16H14BrF2N3O3/c1-23-15-11(17)6-7-12(21-15)14-20-13(8-24-22-14)9-2-4-10(5-3-9)25-16(18)19/h2-7,13,16H,8H2,1H3,(H,20,22). The molecule has 2 heterocycles. The summed E-state index contributed by atoms with van der Waals surface area (Å²) in [6.45, 7) is -2.55. The highest BCUT2D eigenvalue weighted by molar-refractivity contribution is 9.10. The van der Waals surface area contributed by atoms with Crippen LogP contribution in [0.2, 0.25) is 0 Å². The fraction of sp³-hybridized carbons (Fsp3) is 0.250. The summed E-state index contributed by atoms with van der Waals surface area (Å²) >= 11 is 3.34. The first-order valence-electron chi connectivity index (χ1n) is 7.28. The number of hydroxylamine groups is 1. The van der Waals surface area contributed by atoms with Gasteiger partial charge in [-0.05, 0) is 45.8 Å². The number of benzene rings is 1. The summed E-state index contributed by atoms with van der Waals surface area (Å²) in [5, 5.41) is 0. The highest BCUT2D eigenvalue weighted by Crippen LogP contribution is 2.26. The first-order chi connectivity index (χ1) is 12.1. The van der Waals surface area contributed by atoms with Gasteiger partial charge in [-0.1, -0.05) is 12.1 Å². The van der Waals surface area contributed by atoms with Crippen LogP contribution < -0.4 is 15.0 Å². The summed E-state index contributed by atoms with van der Waals surface area (Å²) in [7, 11) is 1.52. The molecular formula is C16H14BrF2N3O3. The van der Waals surface area contributed by atoms with Gasteiger partial charge in [-0.15, -0.1) is 0 Å². The number of ether oxygens (including phenoxy) is 2. The van der Waals surface area contributed by atoms with E-state index < -0.39 is 6.61 Å². The fourth-order valence-electron chi connectivity index (χ4n) is 2.27. The summed E-state index contributed by atoms with van der Waals surface area (Å²) in [5.41, 5.74) is 4.10. The molecule has 1 aromatic heterocycles. The predicted molar refractivity (Wildman–Crippen MR) is 89.9 cm³/mol. The van der Waals surface area contributed by atoms with Crippen molar-refractivity contribution in [2.45, 2.75) is 12.7 Å². The molecule has 0 saturated carbocycles. The average molecular weight is 414 g/mol. The molecule has 0 saturated heterocycles. The van der Waals surface area contributed by atoms with Crippen LogP contribution in [0.1, 0.15) is 17.3 Å². The van der Waals surface area contributed by atoms with Gasteiger partial charge in [-0.2, -0.15) is 8.78 Å². The zero-order chi connectivity index (χ0) is 17.8. The fourth-order valence-corrected chi connectivity index (χ4v) is 2.65. The number of aromatic nitrogens is 1. The van der Waals surface area contributed by atoms with Gasteiger partial charge in [0.05, 0.1) is 11.6 Å². The Balaban J connectivity index is 1.83. The Morgan fingerprint density at radius 1 is 1.24 bits per heavy atom. The van der Waals surface area contributed by atoms with Crippen LogP contribution in [0.25, 0.3) is 0 Å². The van der Waals surface area contributed by atoms with Gasteiger partial charge < -0.3 is 9.47 Å². The van der Waals surface area contributed by atoms with E-state index >= 15 is 0 Å². The van der Waals surface area contributed by atoms with E-state index in [1.165, 1.54) is 19.2 Å². The van der Waals surface area contributed by atoms with E-state index in [0.29, 0.717) is 24.0 Å². The van der Waals surface area contributed by atoms with Crippen LogP contribution in [0.15, 0.2) is 45.9 Å². The number of hydrogen-bond donors (Lipinski definition) is 1. The van der Waals surface area contributed by atoms with Gasteiger partial charge >= 0.3 is 6.61 Å². The van der Waals surface area contributed by atoms with Crippen molar-refractivity contribution < 1.29 is 23.1 Å². The Morgan fingerprint density at radius 3 is 2.68 bits per heavy atom. The van der Waals surface area contributed by atoms with Crippen molar-refractivity contribution in [3.8, 4) is 11.6 Å². The summed E-state index contributed by atoms with van der Waals surface area (Å²) in [6, 6.07) is 9.56. The third-order valence-corrected chi connectivity index (χ3v) is 4.04. The molecule has 3 rings (SSSR count). The lowest BCUT2D eigenvalue weighted by atomic mass is 10.1. The molecule has 9 heteroatoms. The monoisotopic (exact) mass is 413 g/mol. The SMILES string of the molecule is COc1nc(C2=NC(c3ccc(OC(F)F)cc3)CON2)ccc1Br. The number of amidine groups is 1. The molecule has 132 valence electrons. The van der Waals surface area contributed by atoms with Crippen molar-refractivity contribution in [2.24, 2.45) is 4.99 Å². The molecule has 1 unspecified atom stereocenters. The van der Waals surface area contributed by atoms with Crippen molar-refractivity contribution in [1.29, 1.82) is 0 Å². The Bertz CT molecular complexity index is 772. The van der Waals surface area contributed by atoms with E-state index in [1.807, 2.05) is 0 Å². The first kappa shape index (κ1) is 17.6.